The highest BCUT2D eigenvalue weighted by atomic mass is 79.9. The number of nitrogens with two attached hydrogens (primary N) is 1. The van der Waals surface area contributed by atoms with Crippen LogP contribution in [0.2, 0.25) is 0 Å². The second-order valence-corrected chi connectivity index (χ2v) is 5.05. The lowest BCUT2D eigenvalue weighted by Gasteiger charge is -2.11. The number of anilines is 1. The van der Waals surface area contributed by atoms with Gasteiger partial charge in [-0.15, -0.1) is 0 Å². The van der Waals surface area contributed by atoms with Crippen LogP contribution < -0.4 is 15.8 Å². The van der Waals surface area contributed by atoms with E-state index in [4.69, 9.17) is 10.5 Å². The Bertz CT molecular complexity index is 652. The Hall–Kier alpha value is -2.15. The summed E-state index contributed by atoms with van der Waals surface area (Å²) in [6.45, 7) is 0.604. The molecule has 0 saturated heterocycles. The summed E-state index contributed by atoms with van der Waals surface area (Å²) in [7, 11) is 0. The summed E-state index contributed by atoms with van der Waals surface area (Å²) in [5.41, 5.74) is 5.87. The number of pyridine rings is 1. The van der Waals surface area contributed by atoms with Crippen LogP contribution in [0.1, 0.15) is 10.4 Å². The number of hydrogen-bond acceptors (Lipinski definition) is 4. The summed E-state index contributed by atoms with van der Waals surface area (Å²) in [5.74, 6) is -0.633. The van der Waals surface area contributed by atoms with Crippen molar-refractivity contribution in [2.24, 2.45) is 5.73 Å². The number of carbonyl (C=O) groups is 1. The highest BCUT2D eigenvalue weighted by molar-refractivity contribution is 9.10. The van der Waals surface area contributed by atoms with Gasteiger partial charge in [-0.25, -0.2) is 4.39 Å². The van der Waals surface area contributed by atoms with Gasteiger partial charge in [-0.3, -0.25) is 9.78 Å². The molecule has 110 valence electrons. The number of nitrogens with one attached hydrogen (secondary N) is 1. The number of amides is 1. The maximum atomic E-state index is 13.6. The zero-order chi connectivity index (χ0) is 15.2. The number of benzene rings is 1. The van der Waals surface area contributed by atoms with Gasteiger partial charge in [0.1, 0.15) is 18.2 Å². The highest BCUT2D eigenvalue weighted by Gasteiger charge is 2.08. The van der Waals surface area contributed by atoms with Crippen LogP contribution in [0.15, 0.2) is 41.1 Å². The van der Waals surface area contributed by atoms with E-state index >= 15 is 0 Å². The lowest BCUT2D eigenvalue weighted by Crippen LogP contribution is -2.16. The Morgan fingerprint density at radius 2 is 2.24 bits per heavy atom. The number of rotatable bonds is 6. The van der Waals surface area contributed by atoms with Gasteiger partial charge in [0.05, 0.1) is 17.4 Å². The van der Waals surface area contributed by atoms with Gasteiger partial charge in [0, 0.05) is 17.2 Å². The lowest BCUT2D eigenvalue weighted by atomic mass is 10.2. The van der Waals surface area contributed by atoms with Crippen molar-refractivity contribution in [3.8, 4) is 5.75 Å². The van der Waals surface area contributed by atoms with Gasteiger partial charge in [-0.2, -0.15) is 0 Å². The monoisotopic (exact) mass is 353 g/mol. The number of nitrogens with zero attached hydrogens (tertiary/aromatic N) is 1. The van der Waals surface area contributed by atoms with Gasteiger partial charge >= 0.3 is 0 Å². The molecule has 1 heterocycles. The molecular formula is C14H13BrFN3O2. The van der Waals surface area contributed by atoms with E-state index in [1.807, 2.05) is 0 Å². The number of aromatic nitrogens is 1. The summed E-state index contributed by atoms with van der Waals surface area (Å²) in [4.78, 5) is 15.1. The average molecular weight is 354 g/mol. The molecule has 1 amide bonds. The molecule has 1 aromatic carbocycles. The molecule has 0 spiro atoms. The Labute approximate surface area is 129 Å². The Kier molecular flexibility index (Phi) is 5.10. The summed E-state index contributed by atoms with van der Waals surface area (Å²) in [5, 5.41) is 2.90. The molecule has 0 atom stereocenters. The molecule has 2 rings (SSSR count). The zero-order valence-corrected chi connectivity index (χ0v) is 12.6. The van der Waals surface area contributed by atoms with Gasteiger partial charge in [0.2, 0.25) is 0 Å². The van der Waals surface area contributed by atoms with Crippen molar-refractivity contribution in [3.05, 3.63) is 52.5 Å². The van der Waals surface area contributed by atoms with Gasteiger partial charge in [0.15, 0.2) is 0 Å². The molecule has 0 fully saturated rings. The number of primary amides is 1. The molecule has 0 aliphatic rings. The first-order valence-corrected chi connectivity index (χ1v) is 6.93. The van der Waals surface area contributed by atoms with Crippen LogP contribution in [-0.4, -0.2) is 24.0 Å². The Morgan fingerprint density at radius 3 is 2.95 bits per heavy atom. The minimum atomic E-state index is -0.584. The van der Waals surface area contributed by atoms with E-state index in [9.17, 15) is 9.18 Å². The number of halogens is 2. The molecule has 0 saturated carbocycles. The predicted octanol–water partition coefficient (Wildman–Crippen LogP) is 2.57. The van der Waals surface area contributed by atoms with Crippen LogP contribution in [0.4, 0.5) is 10.1 Å². The van der Waals surface area contributed by atoms with Gasteiger partial charge in [-0.05, 0) is 24.3 Å². The molecule has 0 unspecified atom stereocenters. The normalized spacial score (nSPS) is 10.2. The first-order chi connectivity index (χ1) is 10.1. The molecule has 1 aromatic heterocycles. The van der Waals surface area contributed by atoms with Crippen LogP contribution in [0.25, 0.3) is 0 Å². The fourth-order valence-corrected chi connectivity index (χ4v) is 2.01. The van der Waals surface area contributed by atoms with Crippen molar-refractivity contribution < 1.29 is 13.9 Å². The van der Waals surface area contributed by atoms with Crippen molar-refractivity contribution in [3.63, 3.8) is 0 Å². The van der Waals surface area contributed by atoms with Gasteiger partial charge in [0.25, 0.3) is 5.91 Å². The quantitative estimate of drug-likeness (QED) is 0.782. The molecule has 21 heavy (non-hydrogen) atoms. The third-order valence-corrected chi connectivity index (χ3v) is 3.15. The third kappa shape index (κ3) is 4.16. The van der Waals surface area contributed by atoms with Crippen molar-refractivity contribution in [1.29, 1.82) is 0 Å². The van der Waals surface area contributed by atoms with Crippen LogP contribution in [0.5, 0.6) is 5.75 Å². The highest BCUT2D eigenvalue weighted by Crippen LogP contribution is 2.19. The maximum absolute atomic E-state index is 13.6. The molecule has 0 aliphatic carbocycles. The van der Waals surface area contributed by atoms with Gasteiger partial charge < -0.3 is 15.8 Å². The standard InChI is InChI=1S/C14H13BrFN3O2/c15-9-1-2-12(11(16)7-9)19-5-6-21-13-8-18-4-3-10(13)14(17)20/h1-4,7-8,19H,5-6H2,(H2,17,20). The van der Waals surface area contributed by atoms with E-state index in [1.165, 1.54) is 24.5 Å². The fourth-order valence-electron chi connectivity index (χ4n) is 1.68. The van der Waals surface area contributed by atoms with E-state index in [1.54, 1.807) is 12.1 Å². The van der Waals surface area contributed by atoms with Crippen LogP contribution in [0, 0.1) is 5.82 Å². The minimum Gasteiger partial charge on any atom is -0.489 e. The number of carbonyl (C=O) groups excluding carboxylic acids is 1. The third-order valence-electron chi connectivity index (χ3n) is 2.66. The Morgan fingerprint density at radius 1 is 1.43 bits per heavy atom. The zero-order valence-electron chi connectivity index (χ0n) is 11.0. The molecule has 0 radical (unpaired) electrons. The molecular weight excluding hydrogens is 341 g/mol. The van der Waals surface area contributed by atoms with Crippen LogP contribution >= 0.6 is 15.9 Å². The fraction of sp³-hybridized carbons (Fsp3) is 0.143. The van der Waals surface area contributed by atoms with Crippen molar-refractivity contribution >= 4 is 27.5 Å². The second kappa shape index (κ2) is 7.03. The summed E-state index contributed by atoms with van der Waals surface area (Å²) in [6, 6.07) is 6.21. The minimum absolute atomic E-state index is 0.238. The average Bonchev–Trinajstić information content (AvgIpc) is 2.45. The molecule has 7 heteroatoms. The van der Waals surface area contributed by atoms with Crippen molar-refractivity contribution in [2.45, 2.75) is 0 Å². The molecule has 2 aromatic rings. The largest absolute Gasteiger partial charge is 0.489 e. The molecule has 0 bridgehead atoms. The van der Waals surface area contributed by atoms with E-state index in [0.717, 1.165) is 0 Å². The summed E-state index contributed by atoms with van der Waals surface area (Å²) in [6.07, 6.45) is 2.88. The smallest absolute Gasteiger partial charge is 0.252 e. The number of ether oxygens (including phenoxy) is 1. The van der Waals surface area contributed by atoms with Crippen molar-refractivity contribution in [1.82, 2.24) is 4.98 Å². The van der Waals surface area contributed by atoms with E-state index in [-0.39, 0.29) is 18.0 Å². The topological polar surface area (TPSA) is 77.2 Å². The molecule has 3 N–H and O–H groups in total. The van der Waals surface area contributed by atoms with E-state index < -0.39 is 5.91 Å². The Balaban J connectivity index is 1.89. The first kappa shape index (κ1) is 15.2. The molecule has 0 aliphatic heterocycles. The maximum Gasteiger partial charge on any atom is 0.252 e. The van der Waals surface area contributed by atoms with Crippen molar-refractivity contribution in [2.75, 3.05) is 18.5 Å². The van der Waals surface area contributed by atoms with E-state index in [2.05, 4.69) is 26.2 Å². The SMILES string of the molecule is NC(=O)c1ccncc1OCCNc1ccc(Br)cc1F. The molecule has 5 nitrogen and oxygen atoms in total. The summed E-state index contributed by atoms with van der Waals surface area (Å²) >= 11 is 3.19. The van der Waals surface area contributed by atoms with Crippen LogP contribution in [-0.2, 0) is 0 Å². The lowest BCUT2D eigenvalue weighted by molar-refractivity contribution is 0.0996. The number of hydrogen-bond donors (Lipinski definition) is 2. The van der Waals surface area contributed by atoms with E-state index in [0.29, 0.717) is 22.5 Å². The predicted molar refractivity (Wildman–Crippen MR) is 80.8 cm³/mol. The van der Waals surface area contributed by atoms with Crippen LogP contribution in [0.3, 0.4) is 0 Å². The first-order valence-electron chi connectivity index (χ1n) is 6.13. The summed E-state index contributed by atoms with van der Waals surface area (Å²) < 4.78 is 19.7. The second-order valence-electron chi connectivity index (χ2n) is 4.14. The van der Waals surface area contributed by atoms with Gasteiger partial charge in [-0.1, -0.05) is 15.9 Å².